The third kappa shape index (κ3) is 2.98. The van der Waals surface area contributed by atoms with E-state index in [0.717, 1.165) is 18.9 Å². The topological polar surface area (TPSA) is 95.1 Å². The molecule has 1 aromatic rings. The average Bonchev–Trinajstić information content (AvgIpc) is 2.53. The lowest BCUT2D eigenvalue weighted by atomic mass is 10.1. The van der Waals surface area contributed by atoms with Crippen LogP contribution in [0.2, 0.25) is 0 Å². The van der Waals surface area contributed by atoms with Gasteiger partial charge in [0.1, 0.15) is 5.82 Å². The molecular formula is C13H19N5O2. The van der Waals surface area contributed by atoms with Gasteiger partial charge in [0, 0.05) is 32.4 Å². The van der Waals surface area contributed by atoms with Crippen molar-refractivity contribution in [3.8, 4) is 0 Å². The summed E-state index contributed by atoms with van der Waals surface area (Å²) in [6.07, 6.45) is 1.76. The highest BCUT2D eigenvalue weighted by atomic mass is 16.4. The van der Waals surface area contributed by atoms with Crippen LogP contribution in [0, 0.1) is 5.92 Å². The van der Waals surface area contributed by atoms with Crippen LogP contribution in [0.1, 0.15) is 6.92 Å². The molecule has 3 N–H and O–H groups in total. The van der Waals surface area contributed by atoms with Crippen LogP contribution in [0.4, 0.5) is 5.82 Å². The molecule has 1 aliphatic heterocycles. The second kappa shape index (κ2) is 6.23. The zero-order valence-corrected chi connectivity index (χ0v) is 11.4. The fourth-order valence-corrected chi connectivity index (χ4v) is 2.18. The maximum Gasteiger partial charge on any atom is 0.233 e. The van der Waals surface area contributed by atoms with E-state index in [2.05, 4.69) is 15.0 Å². The zero-order chi connectivity index (χ0) is 14.5. The summed E-state index contributed by atoms with van der Waals surface area (Å²) in [5.74, 6) is 0.161. The lowest BCUT2D eigenvalue weighted by molar-refractivity contribution is -0.133. The van der Waals surface area contributed by atoms with Crippen LogP contribution < -0.4 is 10.6 Å². The molecule has 0 bridgehead atoms. The standard InChI is InChI=1S/C13H19N5O2/c1-10(12(14)16-20)13(19)18-8-6-17(7-9-18)11-4-2-3-5-15-11/h2-5,10,20H,6-9H2,1H3,(H2,14,16). The largest absolute Gasteiger partial charge is 0.409 e. The van der Waals surface area contributed by atoms with Crippen LogP contribution in [0.15, 0.2) is 29.6 Å². The van der Waals surface area contributed by atoms with E-state index in [1.54, 1.807) is 18.0 Å². The Balaban J connectivity index is 1.93. The fourth-order valence-electron chi connectivity index (χ4n) is 2.18. The SMILES string of the molecule is CC(C(=O)N1CCN(c2ccccn2)CC1)C(N)=NO. The first-order chi connectivity index (χ1) is 9.63. The number of anilines is 1. The smallest absolute Gasteiger partial charge is 0.233 e. The normalized spacial score (nSPS) is 17.9. The highest BCUT2D eigenvalue weighted by Gasteiger charge is 2.27. The molecule has 20 heavy (non-hydrogen) atoms. The summed E-state index contributed by atoms with van der Waals surface area (Å²) < 4.78 is 0. The molecule has 2 heterocycles. The number of hydrogen-bond donors (Lipinski definition) is 2. The highest BCUT2D eigenvalue weighted by Crippen LogP contribution is 2.14. The number of hydrogen-bond acceptors (Lipinski definition) is 5. The van der Waals surface area contributed by atoms with Gasteiger partial charge in [0.2, 0.25) is 5.91 Å². The van der Waals surface area contributed by atoms with Crippen LogP contribution in [0.5, 0.6) is 0 Å². The second-order valence-electron chi connectivity index (χ2n) is 4.75. The Hall–Kier alpha value is -2.31. The number of amides is 1. The third-order valence-corrected chi connectivity index (χ3v) is 3.49. The number of pyridine rings is 1. The molecule has 0 aromatic carbocycles. The van der Waals surface area contributed by atoms with E-state index < -0.39 is 5.92 Å². The number of nitrogens with zero attached hydrogens (tertiary/aromatic N) is 4. The van der Waals surface area contributed by atoms with Crippen molar-refractivity contribution in [3.05, 3.63) is 24.4 Å². The van der Waals surface area contributed by atoms with Crippen molar-refractivity contribution in [3.63, 3.8) is 0 Å². The van der Waals surface area contributed by atoms with Gasteiger partial charge >= 0.3 is 0 Å². The van der Waals surface area contributed by atoms with E-state index in [-0.39, 0.29) is 11.7 Å². The van der Waals surface area contributed by atoms with Crippen molar-refractivity contribution in [1.82, 2.24) is 9.88 Å². The molecule has 1 aromatic heterocycles. The summed E-state index contributed by atoms with van der Waals surface area (Å²) >= 11 is 0. The van der Waals surface area contributed by atoms with Crippen LogP contribution in [0.3, 0.4) is 0 Å². The molecule has 108 valence electrons. The minimum absolute atomic E-state index is 0.0536. The Morgan fingerprint density at radius 1 is 1.40 bits per heavy atom. The van der Waals surface area contributed by atoms with Gasteiger partial charge in [0.25, 0.3) is 0 Å². The Bertz CT molecular complexity index is 483. The lowest BCUT2D eigenvalue weighted by Crippen LogP contribution is -2.51. The Labute approximate surface area is 117 Å². The van der Waals surface area contributed by atoms with Crippen molar-refractivity contribution in [2.24, 2.45) is 16.8 Å². The van der Waals surface area contributed by atoms with E-state index in [9.17, 15) is 4.79 Å². The van der Waals surface area contributed by atoms with E-state index in [4.69, 9.17) is 10.9 Å². The van der Waals surface area contributed by atoms with Gasteiger partial charge in [-0.05, 0) is 19.1 Å². The van der Waals surface area contributed by atoms with E-state index in [0.29, 0.717) is 13.1 Å². The van der Waals surface area contributed by atoms with Gasteiger partial charge in [-0.25, -0.2) is 4.98 Å². The molecule has 1 amide bonds. The van der Waals surface area contributed by atoms with Gasteiger partial charge in [0.05, 0.1) is 5.92 Å². The number of amidine groups is 1. The summed E-state index contributed by atoms with van der Waals surface area (Å²) in [6.45, 7) is 4.32. The van der Waals surface area contributed by atoms with Crippen molar-refractivity contribution in [1.29, 1.82) is 0 Å². The quantitative estimate of drug-likeness (QED) is 0.354. The molecule has 7 heteroatoms. The van der Waals surface area contributed by atoms with Crippen molar-refractivity contribution in [2.45, 2.75) is 6.92 Å². The van der Waals surface area contributed by atoms with Gasteiger partial charge in [-0.1, -0.05) is 11.2 Å². The van der Waals surface area contributed by atoms with E-state index in [1.807, 2.05) is 18.2 Å². The molecule has 0 spiro atoms. The minimum Gasteiger partial charge on any atom is -0.409 e. The first-order valence-electron chi connectivity index (χ1n) is 6.55. The summed E-state index contributed by atoms with van der Waals surface area (Å²) in [7, 11) is 0. The average molecular weight is 277 g/mol. The van der Waals surface area contributed by atoms with Crippen LogP contribution in [-0.4, -0.2) is 53.0 Å². The van der Waals surface area contributed by atoms with Crippen molar-refractivity contribution >= 4 is 17.6 Å². The predicted octanol–water partition coefficient (Wildman–Crippen LogP) is 0.113. The maximum atomic E-state index is 12.2. The van der Waals surface area contributed by atoms with Gasteiger partial charge in [-0.3, -0.25) is 4.79 Å². The fraction of sp³-hybridized carbons (Fsp3) is 0.462. The van der Waals surface area contributed by atoms with E-state index in [1.165, 1.54) is 0 Å². The number of oxime groups is 1. The van der Waals surface area contributed by atoms with Crippen LogP contribution in [0.25, 0.3) is 0 Å². The Morgan fingerprint density at radius 2 is 2.10 bits per heavy atom. The van der Waals surface area contributed by atoms with Crippen molar-refractivity contribution < 1.29 is 10.0 Å². The van der Waals surface area contributed by atoms with Crippen molar-refractivity contribution in [2.75, 3.05) is 31.1 Å². The first kappa shape index (κ1) is 14.1. The molecule has 1 aliphatic rings. The van der Waals surface area contributed by atoms with E-state index >= 15 is 0 Å². The summed E-state index contributed by atoms with van der Waals surface area (Å²) in [6, 6.07) is 5.78. The zero-order valence-electron chi connectivity index (χ0n) is 11.4. The summed E-state index contributed by atoms with van der Waals surface area (Å²) in [5, 5.41) is 11.5. The highest BCUT2D eigenvalue weighted by molar-refractivity contribution is 6.01. The monoisotopic (exact) mass is 277 g/mol. The summed E-state index contributed by atoms with van der Waals surface area (Å²) in [4.78, 5) is 20.3. The number of aromatic nitrogens is 1. The molecule has 7 nitrogen and oxygen atoms in total. The van der Waals surface area contributed by atoms with Gasteiger partial charge in [0.15, 0.2) is 5.84 Å². The number of piperazine rings is 1. The van der Waals surface area contributed by atoms with Gasteiger partial charge in [-0.15, -0.1) is 0 Å². The third-order valence-electron chi connectivity index (χ3n) is 3.49. The first-order valence-corrected chi connectivity index (χ1v) is 6.55. The lowest BCUT2D eigenvalue weighted by Gasteiger charge is -2.36. The number of rotatable bonds is 3. The molecule has 0 aliphatic carbocycles. The molecule has 2 rings (SSSR count). The Morgan fingerprint density at radius 3 is 2.65 bits per heavy atom. The molecule has 0 radical (unpaired) electrons. The molecule has 1 fully saturated rings. The molecule has 1 unspecified atom stereocenters. The number of carbonyl (C=O) groups is 1. The van der Waals surface area contributed by atoms with Gasteiger partial charge in [-0.2, -0.15) is 0 Å². The van der Waals surface area contributed by atoms with Crippen LogP contribution >= 0.6 is 0 Å². The second-order valence-corrected chi connectivity index (χ2v) is 4.75. The van der Waals surface area contributed by atoms with Gasteiger partial charge < -0.3 is 20.7 Å². The van der Waals surface area contributed by atoms with Crippen LogP contribution in [-0.2, 0) is 4.79 Å². The maximum absolute atomic E-state index is 12.2. The number of nitrogens with two attached hydrogens (primary N) is 1. The molecule has 0 saturated carbocycles. The molecule has 1 saturated heterocycles. The molecule has 1 atom stereocenters. The molecular weight excluding hydrogens is 258 g/mol. The Kier molecular flexibility index (Phi) is 4.39. The summed E-state index contributed by atoms with van der Waals surface area (Å²) in [5.41, 5.74) is 5.47. The number of carbonyl (C=O) groups excluding carboxylic acids is 1. The predicted molar refractivity (Wildman–Crippen MR) is 75.6 cm³/mol. The minimum atomic E-state index is -0.596.